The van der Waals surface area contributed by atoms with Crippen LogP contribution in [0, 0.1) is 45.4 Å². The van der Waals surface area contributed by atoms with Crippen molar-refractivity contribution in [3.63, 3.8) is 0 Å². The maximum atomic E-state index is 12.8. The van der Waals surface area contributed by atoms with E-state index >= 15 is 0 Å². The molecule has 10 heterocycles. The van der Waals surface area contributed by atoms with Crippen molar-refractivity contribution < 1.29 is 57.4 Å². The van der Waals surface area contributed by atoms with Gasteiger partial charge in [0.1, 0.15) is 57.0 Å². The Morgan fingerprint density at radius 1 is 0.521 bits per heavy atom. The van der Waals surface area contributed by atoms with E-state index in [9.17, 15) is 29.1 Å². The average molecular weight is 1280 g/mol. The smallest absolute Gasteiger partial charge is 0.543 e. The van der Waals surface area contributed by atoms with Crippen LogP contribution in [0.1, 0.15) is 153 Å². The summed E-state index contributed by atoms with van der Waals surface area (Å²) in [5.41, 5.74) is 6.37. The summed E-state index contributed by atoms with van der Waals surface area (Å²) in [6.45, 7) is 26.8. The van der Waals surface area contributed by atoms with Gasteiger partial charge in [0, 0.05) is 95.3 Å². The maximum absolute atomic E-state index is 12.8. The van der Waals surface area contributed by atoms with Gasteiger partial charge >= 0.3 is 31.0 Å². The van der Waals surface area contributed by atoms with Gasteiger partial charge in [-0.3, -0.25) is 9.59 Å². The number of carboxylic acids is 1. The Morgan fingerprint density at radius 2 is 0.904 bits per heavy atom. The molecule has 3 saturated heterocycles. The molecule has 7 aromatic heterocycles. The quantitative estimate of drug-likeness (QED) is 0.103. The van der Waals surface area contributed by atoms with Crippen molar-refractivity contribution in [2.75, 3.05) is 84.2 Å². The van der Waals surface area contributed by atoms with Crippen molar-refractivity contribution in [2.24, 2.45) is 17.8 Å². The molecule has 3 N–H and O–H groups in total. The second-order valence-corrected chi connectivity index (χ2v) is 27.7. The topological polar surface area (TPSA) is 291 Å². The van der Waals surface area contributed by atoms with E-state index in [2.05, 4.69) is 70.5 Å². The van der Waals surface area contributed by atoms with Gasteiger partial charge < -0.3 is 68.6 Å². The molecule has 3 atom stereocenters. The maximum Gasteiger partial charge on any atom is 1.00 e. The van der Waals surface area contributed by atoms with E-state index in [0.717, 1.165) is 136 Å². The number of hydrogen-bond acceptors (Lipinski definition) is 20. The molecule has 494 valence electrons. The van der Waals surface area contributed by atoms with Crippen LogP contribution in [-0.2, 0) is 9.47 Å². The fraction of sp³-hybridized carbons (Fsp3) is 0.537. The molecule has 3 saturated carbocycles. The van der Waals surface area contributed by atoms with Gasteiger partial charge in [0.05, 0.1) is 65.9 Å². The van der Waals surface area contributed by atoms with E-state index < -0.39 is 17.2 Å². The predicted octanol–water partition coefficient (Wildman–Crippen LogP) is 4.86. The van der Waals surface area contributed by atoms with Crippen molar-refractivity contribution in [3.05, 3.63) is 114 Å². The monoisotopic (exact) mass is 1280 g/mol. The third kappa shape index (κ3) is 18.3. The van der Waals surface area contributed by atoms with Crippen LogP contribution in [0.2, 0.25) is 0 Å². The first-order chi connectivity index (χ1) is 44.3. The Hall–Kier alpha value is -8.47. The number of aromatic nitrogens is 10. The standard InChI is InChI=1S/C27H35N7O3.C22H27N7O.C18H26N4O4.Li/c1-17-10-20(16-33-13-18(2)30-24(17)33)31-25(35)22-11-29-23(12-28-22)32-9-8-19(14-32)15-34(21-6-7-21)26(36)37-27(3,4)5;1-14-7-18(13-29-11-15(2)26-21(14)29)27-22(30)19-9-25-20(10-24-19)28-6-5-16(12-28)8-23-17-3-4-17;1-18(2,3)26-17(25)22(13-4-5-13)11-12-6-7-21(10-12)15-9-19-14(8-20-15)16(23)24;/h10-13,16,19,21H,6-9,14-15H2,1-5H3,(H,31,35);7,9-11,13,16-17,23H,3-6,8,12H2,1-2H3,(H,27,30);8-9,12-13H,4-7,10-11H2,1-3H3,(H,23,24);/q;;;+1/p-1/t19-;16-;12-;/m010./s1. The summed E-state index contributed by atoms with van der Waals surface area (Å²) >= 11 is 0. The Morgan fingerprint density at radius 3 is 1.26 bits per heavy atom. The minimum Gasteiger partial charge on any atom is -0.543 e. The van der Waals surface area contributed by atoms with Crippen LogP contribution in [0.15, 0.2) is 74.1 Å². The Labute approximate surface area is 560 Å². The number of aromatic carboxylic acids is 1. The molecule has 3 aliphatic carbocycles. The van der Waals surface area contributed by atoms with Crippen LogP contribution in [-0.4, -0.2) is 177 Å². The van der Waals surface area contributed by atoms with Gasteiger partial charge in [0.25, 0.3) is 11.8 Å². The summed E-state index contributed by atoms with van der Waals surface area (Å²) in [6, 6.07) is 5.15. The number of ether oxygens (including phenoxy) is 2. The summed E-state index contributed by atoms with van der Waals surface area (Å²) < 4.78 is 15.0. The van der Waals surface area contributed by atoms with Gasteiger partial charge in [-0.2, -0.15) is 0 Å². The first-order valence-electron chi connectivity index (χ1n) is 32.5. The number of rotatable bonds is 17. The number of carbonyl (C=O) groups is 5. The van der Waals surface area contributed by atoms with Gasteiger partial charge in [0.2, 0.25) is 0 Å². The van der Waals surface area contributed by atoms with E-state index in [-0.39, 0.29) is 54.2 Å². The Kier molecular flexibility index (Phi) is 21.1. The first kappa shape index (κ1) is 68.4. The molecule has 6 fully saturated rings. The minimum atomic E-state index is -1.33. The van der Waals surface area contributed by atoms with E-state index in [1.54, 1.807) is 18.6 Å². The zero-order valence-corrected chi connectivity index (χ0v) is 56.1. The number of anilines is 5. The SMILES string of the molecule is CC(C)(C)OC(=O)N(C[C@H]1CCN(c2cnc(C(=O)[O-])cn2)C1)C1CC1.Cc1cn2cc(NC(=O)c3cnc(N4CC[C@H](CN(C(=O)OC(C)(C)C)C5CC5)C4)cn3)cc(C)c2n1.Cc1cn2cc(NC(=O)c3cnc(N4CC[C@H](CNC5CC5)C4)cn3)cc(C)c2n1.[Li+]. The normalized spacial score (nSPS) is 18.6. The number of carbonyl (C=O) groups excluding carboxylic acids is 5. The molecular weight excluding hydrogens is 1190 g/mol. The summed E-state index contributed by atoms with van der Waals surface area (Å²) in [7, 11) is 0. The van der Waals surface area contributed by atoms with Crippen LogP contribution in [0.5, 0.6) is 0 Å². The van der Waals surface area contributed by atoms with E-state index in [4.69, 9.17) is 9.47 Å². The van der Waals surface area contributed by atoms with Crippen molar-refractivity contribution in [1.29, 1.82) is 0 Å². The number of aryl methyl sites for hydroxylation is 4. The van der Waals surface area contributed by atoms with Crippen molar-refractivity contribution in [2.45, 2.75) is 156 Å². The number of pyridine rings is 2. The molecule has 0 spiro atoms. The van der Waals surface area contributed by atoms with Crippen LogP contribution in [0.3, 0.4) is 0 Å². The summed E-state index contributed by atoms with van der Waals surface area (Å²) in [4.78, 5) is 106. The largest absolute Gasteiger partial charge is 1.00 e. The van der Waals surface area contributed by atoms with E-state index in [1.165, 1.54) is 37.9 Å². The van der Waals surface area contributed by atoms with Crippen molar-refractivity contribution >= 4 is 70.1 Å². The molecule has 4 amide bonds. The fourth-order valence-corrected chi connectivity index (χ4v) is 12.0. The summed E-state index contributed by atoms with van der Waals surface area (Å²) in [5.74, 6) is 1.62. The van der Waals surface area contributed by atoms with E-state index in [0.29, 0.717) is 65.8 Å². The Balaban J connectivity index is 0.000000156. The second kappa shape index (κ2) is 29.0. The Bertz CT molecular complexity index is 3820. The minimum absolute atomic E-state index is 0. The number of fused-ring (bicyclic) bond motifs is 2. The molecule has 94 heavy (non-hydrogen) atoms. The van der Waals surface area contributed by atoms with Gasteiger partial charge in [-0.05, 0) is 175 Å². The number of hydrogen-bond donors (Lipinski definition) is 3. The molecule has 6 aliphatic rings. The van der Waals surface area contributed by atoms with Crippen LogP contribution >= 0.6 is 0 Å². The molecule has 7 aromatic rings. The van der Waals surface area contributed by atoms with Crippen LogP contribution in [0.4, 0.5) is 38.4 Å². The number of nitrogens with one attached hydrogen (secondary N) is 3. The molecule has 0 aromatic carbocycles. The molecule has 3 aliphatic heterocycles. The predicted molar refractivity (Wildman–Crippen MR) is 350 cm³/mol. The van der Waals surface area contributed by atoms with Crippen LogP contribution in [0.25, 0.3) is 11.3 Å². The van der Waals surface area contributed by atoms with Gasteiger partial charge in [-0.15, -0.1) is 0 Å². The van der Waals surface area contributed by atoms with Gasteiger partial charge in [-0.1, -0.05) is 0 Å². The number of imidazole rings is 2. The number of nitrogens with zero attached hydrogens (tertiary/aromatic N) is 15. The van der Waals surface area contributed by atoms with Crippen molar-refractivity contribution in [3.8, 4) is 0 Å². The molecule has 26 nitrogen and oxygen atoms in total. The van der Waals surface area contributed by atoms with Gasteiger partial charge in [0.15, 0.2) is 0 Å². The average Bonchev–Trinajstić information content (AvgIpc) is 1.73. The van der Waals surface area contributed by atoms with Crippen molar-refractivity contribution in [1.82, 2.24) is 63.8 Å². The molecule has 0 bridgehead atoms. The molecule has 0 unspecified atom stereocenters. The van der Waals surface area contributed by atoms with E-state index in [1.807, 2.05) is 125 Å². The third-order valence-corrected chi connectivity index (χ3v) is 17.1. The number of carboxylic acid groups (broad SMARTS) is 1. The summed E-state index contributed by atoms with van der Waals surface area (Å²) in [6.07, 6.45) is 26.1. The zero-order valence-electron chi connectivity index (χ0n) is 56.1. The third-order valence-electron chi connectivity index (χ3n) is 17.1. The summed E-state index contributed by atoms with van der Waals surface area (Å²) in [5, 5.41) is 20.2. The molecular formula is C67H87LiN18O8. The zero-order chi connectivity index (χ0) is 65.9. The van der Waals surface area contributed by atoms with Crippen LogP contribution < -0.4 is 54.6 Å². The molecule has 0 radical (unpaired) electrons. The molecule has 27 heteroatoms. The fourth-order valence-electron chi connectivity index (χ4n) is 12.0. The second-order valence-electron chi connectivity index (χ2n) is 27.7. The first-order valence-corrected chi connectivity index (χ1v) is 32.5. The number of amides is 4. The molecule has 13 rings (SSSR count). The van der Waals surface area contributed by atoms with Gasteiger partial charge in [-0.25, -0.2) is 49.5 Å².